The molecule has 8 heteroatoms. The summed E-state index contributed by atoms with van der Waals surface area (Å²) in [7, 11) is 1.40. The van der Waals surface area contributed by atoms with Gasteiger partial charge in [-0.1, -0.05) is 23.7 Å². The molecule has 0 atom stereocenters. The third-order valence-electron chi connectivity index (χ3n) is 2.81. The van der Waals surface area contributed by atoms with Crippen molar-refractivity contribution < 1.29 is 14.6 Å². The van der Waals surface area contributed by atoms with Gasteiger partial charge in [0.25, 0.3) is 5.78 Å². The standard InChI is InChI=1S/C13H9ClN4O3/c1-21-13-16-12-15-9(7-3-2-4-8(14)5-7)6-10(11(19)20)18(12)17-13/h2-6H,1H3,(H,19,20). The van der Waals surface area contributed by atoms with Crippen LogP contribution in [0.5, 0.6) is 6.01 Å². The van der Waals surface area contributed by atoms with Crippen LogP contribution in [0.25, 0.3) is 17.0 Å². The Morgan fingerprint density at radius 2 is 2.14 bits per heavy atom. The van der Waals surface area contributed by atoms with E-state index in [1.807, 2.05) is 0 Å². The lowest BCUT2D eigenvalue weighted by molar-refractivity contribution is 0.0687. The average molecular weight is 305 g/mol. The van der Waals surface area contributed by atoms with Gasteiger partial charge in [0, 0.05) is 10.6 Å². The van der Waals surface area contributed by atoms with E-state index in [4.69, 9.17) is 16.3 Å². The van der Waals surface area contributed by atoms with Crippen molar-refractivity contribution in [2.75, 3.05) is 7.11 Å². The smallest absolute Gasteiger partial charge is 0.354 e. The van der Waals surface area contributed by atoms with E-state index in [0.717, 1.165) is 4.52 Å². The first-order chi connectivity index (χ1) is 10.1. The number of hydrogen-bond acceptors (Lipinski definition) is 5. The normalized spacial score (nSPS) is 10.8. The molecule has 0 saturated carbocycles. The van der Waals surface area contributed by atoms with Crippen LogP contribution in [-0.2, 0) is 0 Å². The van der Waals surface area contributed by atoms with Crippen LogP contribution in [0.15, 0.2) is 30.3 Å². The zero-order valence-electron chi connectivity index (χ0n) is 10.8. The van der Waals surface area contributed by atoms with Crippen molar-refractivity contribution in [3.8, 4) is 17.3 Å². The second kappa shape index (κ2) is 5.02. The monoisotopic (exact) mass is 304 g/mol. The van der Waals surface area contributed by atoms with Crippen LogP contribution in [0.3, 0.4) is 0 Å². The van der Waals surface area contributed by atoms with E-state index in [1.54, 1.807) is 24.3 Å². The number of rotatable bonds is 3. The number of carboxylic acids is 1. The molecular weight excluding hydrogens is 296 g/mol. The Morgan fingerprint density at radius 3 is 2.81 bits per heavy atom. The van der Waals surface area contributed by atoms with E-state index in [-0.39, 0.29) is 17.5 Å². The maximum Gasteiger partial charge on any atom is 0.354 e. The number of nitrogens with zero attached hydrogens (tertiary/aromatic N) is 4. The van der Waals surface area contributed by atoms with Crippen molar-refractivity contribution in [1.82, 2.24) is 19.6 Å². The van der Waals surface area contributed by atoms with Gasteiger partial charge in [-0.15, -0.1) is 5.10 Å². The summed E-state index contributed by atoms with van der Waals surface area (Å²) in [5.74, 6) is -1.00. The van der Waals surface area contributed by atoms with Gasteiger partial charge >= 0.3 is 12.0 Å². The first-order valence-corrected chi connectivity index (χ1v) is 6.27. The first-order valence-electron chi connectivity index (χ1n) is 5.89. The third kappa shape index (κ3) is 2.38. The zero-order chi connectivity index (χ0) is 15.0. The number of carboxylic acid groups (broad SMARTS) is 1. The Bertz CT molecular complexity index is 847. The first kappa shape index (κ1) is 13.3. The minimum Gasteiger partial charge on any atom is -0.477 e. The molecule has 1 aromatic carbocycles. The second-order valence-electron chi connectivity index (χ2n) is 4.15. The van der Waals surface area contributed by atoms with Gasteiger partial charge in [-0.05, 0) is 18.2 Å². The molecule has 0 radical (unpaired) electrons. The van der Waals surface area contributed by atoms with Gasteiger partial charge < -0.3 is 9.84 Å². The fraction of sp³-hybridized carbons (Fsp3) is 0.0769. The largest absolute Gasteiger partial charge is 0.477 e. The van der Waals surface area contributed by atoms with E-state index in [9.17, 15) is 9.90 Å². The van der Waals surface area contributed by atoms with Crippen LogP contribution in [0, 0.1) is 0 Å². The Balaban J connectivity index is 2.27. The maximum atomic E-state index is 11.4. The van der Waals surface area contributed by atoms with Gasteiger partial charge in [0.2, 0.25) is 0 Å². The van der Waals surface area contributed by atoms with Crippen LogP contribution in [0.1, 0.15) is 10.5 Å². The molecule has 0 aliphatic carbocycles. The summed E-state index contributed by atoms with van der Waals surface area (Å²) in [4.78, 5) is 19.7. The van der Waals surface area contributed by atoms with Crippen LogP contribution in [0.4, 0.5) is 0 Å². The molecule has 2 heterocycles. The van der Waals surface area contributed by atoms with E-state index >= 15 is 0 Å². The van der Waals surface area contributed by atoms with Crippen molar-refractivity contribution in [2.24, 2.45) is 0 Å². The Kier molecular flexibility index (Phi) is 3.19. The van der Waals surface area contributed by atoms with Crippen molar-refractivity contribution in [3.63, 3.8) is 0 Å². The van der Waals surface area contributed by atoms with Crippen LogP contribution in [-0.4, -0.2) is 37.8 Å². The average Bonchev–Trinajstić information content (AvgIpc) is 2.88. The summed E-state index contributed by atoms with van der Waals surface area (Å²) in [6.45, 7) is 0. The third-order valence-corrected chi connectivity index (χ3v) is 3.05. The minimum absolute atomic E-state index is 0.0493. The highest BCUT2D eigenvalue weighted by molar-refractivity contribution is 6.30. The molecule has 3 aromatic rings. The van der Waals surface area contributed by atoms with Crippen LogP contribution >= 0.6 is 11.6 Å². The van der Waals surface area contributed by atoms with Gasteiger partial charge in [-0.25, -0.2) is 9.78 Å². The number of hydrogen-bond donors (Lipinski definition) is 1. The molecule has 0 aliphatic rings. The lowest BCUT2D eigenvalue weighted by atomic mass is 10.1. The predicted octanol–water partition coefficient (Wildman–Crippen LogP) is 2.15. The summed E-state index contributed by atoms with van der Waals surface area (Å²) in [5, 5.41) is 13.8. The number of carbonyl (C=O) groups is 1. The Labute approximate surface area is 123 Å². The quantitative estimate of drug-likeness (QED) is 0.797. The predicted molar refractivity (Wildman–Crippen MR) is 74.7 cm³/mol. The molecule has 0 fully saturated rings. The fourth-order valence-electron chi connectivity index (χ4n) is 1.88. The highest BCUT2D eigenvalue weighted by Crippen LogP contribution is 2.23. The van der Waals surface area contributed by atoms with Crippen molar-refractivity contribution in [2.45, 2.75) is 0 Å². The van der Waals surface area contributed by atoms with Gasteiger partial charge in [0.1, 0.15) is 0 Å². The summed E-state index contributed by atoms with van der Waals surface area (Å²) < 4.78 is 6.02. The van der Waals surface area contributed by atoms with E-state index < -0.39 is 5.97 Å². The van der Waals surface area contributed by atoms with Crippen molar-refractivity contribution >= 4 is 23.3 Å². The van der Waals surface area contributed by atoms with E-state index in [0.29, 0.717) is 16.3 Å². The van der Waals surface area contributed by atoms with Gasteiger partial charge in [-0.2, -0.15) is 9.50 Å². The number of methoxy groups -OCH3 is 1. The molecule has 3 rings (SSSR count). The van der Waals surface area contributed by atoms with Crippen LogP contribution in [0.2, 0.25) is 5.02 Å². The SMILES string of the molecule is COc1nc2nc(-c3cccc(Cl)c3)cc(C(=O)O)n2n1. The number of fused-ring (bicyclic) bond motifs is 1. The molecule has 106 valence electrons. The van der Waals surface area contributed by atoms with E-state index in [1.165, 1.54) is 13.2 Å². The molecule has 21 heavy (non-hydrogen) atoms. The highest BCUT2D eigenvalue weighted by Gasteiger charge is 2.17. The molecule has 2 aromatic heterocycles. The summed E-state index contributed by atoms with van der Waals surface area (Å²) in [6, 6.07) is 8.42. The summed E-state index contributed by atoms with van der Waals surface area (Å²) >= 11 is 5.94. The van der Waals surface area contributed by atoms with Crippen LogP contribution < -0.4 is 4.74 Å². The Hall–Kier alpha value is -2.67. The topological polar surface area (TPSA) is 89.6 Å². The number of aromatic nitrogens is 4. The number of benzene rings is 1. The van der Waals surface area contributed by atoms with Crippen molar-refractivity contribution in [1.29, 1.82) is 0 Å². The molecule has 0 unspecified atom stereocenters. The highest BCUT2D eigenvalue weighted by atomic mass is 35.5. The van der Waals surface area contributed by atoms with Crippen molar-refractivity contribution in [3.05, 3.63) is 41.0 Å². The Morgan fingerprint density at radius 1 is 1.33 bits per heavy atom. The molecule has 0 bridgehead atoms. The summed E-state index contributed by atoms with van der Waals surface area (Å²) in [6.07, 6.45) is 0. The fourth-order valence-corrected chi connectivity index (χ4v) is 2.07. The number of halogens is 1. The lowest BCUT2D eigenvalue weighted by Gasteiger charge is -2.04. The molecule has 0 saturated heterocycles. The second-order valence-corrected chi connectivity index (χ2v) is 4.59. The number of aromatic carboxylic acids is 1. The molecule has 0 aliphatic heterocycles. The zero-order valence-corrected chi connectivity index (χ0v) is 11.6. The van der Waals surface area contributed by atoms with Gasteiger partial charge in [0.05, 0.1) is 12.8 Å². The summed E-state index contributed by atoms with van der Waals surface area (Å²) in [5.41, 5.74) is 1.07. The van der Waals surface area contributed by atoms with E-state index in [2.05, 4.69) is 15.1 Å². The minimum atomic E-state index is -1.14. The lowest BCUT2D eigenvalue weighted by Crippen LogP contribution is -2.08. The van der Waals surface area contributed by atoms with Gasteiger partial charge in [0.15, 0.2) is 5.69 Å². The molecular formula is C13H9ClN4O3. The maximum absolute atomic E-state index is 11.4. The van der Waals surface area contributed by atoms with Gasteiger partial charge in [-0.3, -0.25) is 0 Å². The number of ether oxygens (including phenoxy) is 1. The molecule has 0 spiro atoms. The molecule has 0 amide bonds. The molecule has 1 N–H and O–H groups in total. The molecule has 7 nitrogen and oxygen atoms in total.